The second-order valence-corrected chi connectivity index (χ2v) is 9.90. The Hall–Kier alpha value is -0.180. The lowest BCUT2D eigenvalue weighted by molar-refractivity contribution is -0.140. The SMILES string of the molecule is CCCCCCCCCCC1SC1CCCCCCCCCCC(=O)OC. The Morgan fingerprint density at radius 2 is 1.07 bits per heavy atom. The normalized spacial score (nSPS) is 18.6. The second-order valence-electron chi connectivity index (χ2n) is 8.42. The van der Waals surface area contributed by atoms with Crippen LogP contribution in [0, 0.1) is 0 Å². The van der Waals surface area contributed by atoms with Crippen LogP contribution < -0.4 is 0 Å². The third-order valence-electron chi connectivity index (χ3n) is 5.88. The zero-order valence-electron chi connectivity index (χ0n) is 18.3. The van der Waals surface area contributed by atoms with Crippen LogP contribution in [0.5, 0.6) is 0 Å². The molecule has 0 aromatic heterocycles. The van der Waals surface area contributed by atoms with E-state index >= 15 is 0 Å². The van der Waals surface area contributed by atoms with Crippen LogP contribution in [-0.4, -0.2) is 23.6 Å². The van der Waals surface area contributed by atoms with Crippen LogP contribution in [0.25, 0.3) is 0 Å². The van der Waals surface area contributed by atoms with Gasteiger partial charge in [0.15, 0.2) is 0 Å². The van der Waals surface area contributed by atoms with Crippen molar-refractivity contribution in [3.05, 3.63) is 0 Å². The Bertz CT molecular complexity index is 345. The minimum absolute atomic E-state index is 0.0614. The molecule has 1 aliphatic rings. The molecule has 3 heteroatoms. The van der Waals surface area contributed by atoms with Crippen molar-refractivity contribution in [2.24, 2.45) is 0 Å². The van der Waals surface area contributed by atoms with Crippen molar-refractivity contribution in [1.29, 1.82) is 0 Å². The summed E-state index contributed by atoms with van der Waals surface area (Å²) in [7, 11) is 1.47. The van der Waals surface area contributed by atoms with Gasteiger partial charge < -0.3 is 4.74 Å². The standard InChI is InChI=1S/C24H46O2S/c1-3-4-5-6-7-10-13-16-19-22-23(27-22)20-17-14-11-8-9-12-15-18-21-24(25)26-2/h22-23H,3-21H2,1-2H3. The number of unbranched alkanes of at least 4 members (excludes halogenated alkanes) is 14. The Kier molecular flexibility index (Phi) is 16.5. The van der Waals surface area contributed by atoms with E-state index in [0.29, 0.717) is 6.42 Å². The molecule has 27 heavy (non-hydrogen) atoms. The van der Waals surface area contributed by atoms with Crippen molar-refractivity contribution in [1.82, 2.24) is 0 Å². The Labute approximate surface area is 174 Å². The van der Waals surface area contributed by atoms with E-state index in [9.17, 15) is 4.79 Å². The van der Waals surface area contributed by atoms with Crippen molar-refractivity contribution in [2.45, 2.75) is 139 Å². The maximum absolute atomic E-state index is 11.0. The van der Waals surface area contributed by atoms with Gasteiger partial charge in [-0.3, -0.25) is 4.79 Å². The highest BCUT2D eigenvalue weighted by Gasteiger charge is 2.36. The number of methoxy groups -OCH3 is 1. The van der Waals surface area contributed by atoms with Crippen molar-refractivity contribution in [2.75, 3.05) is 7.11 Å². The molecule has 0 aromatic carbocycles. The first kappa shape index (κ1) is 24.9. The molecule has 1 fully saturated rings. The number of thioether (sulfide) groups is 1. The summed E-state index contributed by atoms with van der Waals surface area (Å²) in [6, 6.07) is 0. The maximum atomic E-state index is 11.0. The monoisotopic (exact) mass is 398 g/mol. The molecule has 0 bridgehead atoms. The van der Waals surface area contributed by atoms with E-state index in [4.69, 9.17) is 0 Å². The van der Waals surface area contributed by atoms with Crippen molar-refractivity contribution < 1.29 is 9.53 Å². The third-order valence-corrected chi connectivity index (χ3v) is 7.39. The van der Waals surface area contributed by atoms with Gasteiger partial charge in [0.1, 0.15) is 0 Å². The molecule has 2 nitrogen and oxygen atoms in total. The molecule has 2 unspecified atom stereocenters. The van der Waals surface area contributed by atoms with Crippen LogP contribution in [0.2, 0.25) is 0 Å². The van der Waals surface area contributed by atoms with E-state index in [-0.39, 0.29) is 5.97 Å². The summed E-state index contributed by atoms with van der Waals surface area (Å²) in [5, 5.41) is 2.02. The van der Waals surface area contributed by atoms with Crippen molar-refractivity contribution in [3.63, 3.8) is 0 Å². The molecule has 1 rings (SSSR count). The highest BCUT2D eigenvalue weighted by Crippen LogP contribution is 2.47. The zero-order chi connectivity index (χ0) is 19.6. The highest BCUT2D eigenvalue weighted by atomic mass is 32.2. The fourth-order valence-corrected chi connectivity index (χ4v) is 5.18. The first-order chi connectivity index (χ1) is 13.3. The lowest BCUT2D eigenvalue weighted by Crippen LogP contribution is -1.99. The summed E-state index contributed by atoms with van der Waals surface area (Å²) in [6.45, 7) is 2.29. The van der Waals surface area contributed by atoms with Gasteiger partial charge in [0.2, 0.25) is 0 Å². The lowest BCUT2D eigenvalue weighted by atomic mass is 10.0. The van der Waals surface area contributed by atoms with Gasteiger partial charge in [-0.1, -0.05) is 103 Å². The number of carbonyl (C=O) groups is 1. The molecule has 1 saturated heterocycles. The van der Waals surface area contributed by atoms with Crippen LogP contribution in [0.3, 0.4) is 0 Å². The third kappa shape index (κ3) is 15.4. The summed E-state index contributed by atoms with van der Waals surface area (Å²) < 4.78 is 4.66. The van der Waals surface area contributed by atoms with Crippen LogP contribution in [0.4, 0.5) is 0 Å². The lowest BCUT2D eigenvalue weighted by Gasteiger charge is -2.03. The summed E-state index contributed by atoms with van der Waals surface area (Å²) in [4.78, 5) is 11.0. The quantitative estimate of drug-likeness (QED) is 0.118. The molecule has 1 aliphatic heterocycles. The molecule has 0 saturated carbocycles. The largest absolute Gasteiger partial charge is 0.469 e. The molecule has 160 valence electrons. The fourth-order valence-electron chi connectivity index (χ4n) is 3.94. The number of carbonyl (C=O) groups excluding carboxylic acids is 1. The van der Waals surface area contributed by atoms with E-state index < -0.39 is 0 Å². The number of hydrogen-bond acceptors (Lipinski definition) is 3. The van der Waals surface area contributed by atoms with Crippen LogP contribution in [0.1, 0.15) is 129 Å². The number of hydrogen-bond donors (Lipinski definition) is 0. The minimum atomic E-state index is -0.0614. The van der Waals surface area contributed by atoms with Crippen molar-refractivity contribution in [3.8, 4) is 0 Å². The minimum Gasteiger partial charge on any atom is -0.469 e. The van der Waals surface area contributed by atoms with E-state index in [1.807, 2.05) is 0 Å². The van der Waals surface area contributed by atoms with Crippen LogP contribution in [-0.2, 0) is 9.53 Å². The fraction of sp³-hybridized carbons (Fsp3) is 0.958. The molecular formula is C24H46O2S. The Morgan fingerprint density at radius 3 is 1.52 bits per heavy atom. The predicted octanol–water partition coefficient (Wildman–Crippen LogP) is 8.08. The first-order valence-electron chi connectivity index (χ1n) is 12.0. The molecule has 2 atom stereocenters. The van der Waals surface area contributed by atoms with Gasteiger partial charge in [0.05, 0.1) is 7.11 Å². The van der Waals surface area contributed by atoms with Gasteiger partial charge in [0.25, 0.3) is 0 Å². The molecule has 0 spiro atoms. The molecule has 0 aromatic rings. The van der Waals surface area contributed by atoms with Crippen LogP contribution >= 0.6 is 11.8 Å². The number of rotatable bonds is 20. The molecular weight excluding hydrogens is 352 g/mol. The van der Waals surface area contributed by atoms with Gasteiger partial charge in [-0.2, -0.15) is 11.8 Å². The second kappa shape index (κ2) is 17.9. The number of ether oxygens (including phenoxy) is 1. The smallest absolute Gasteiger partial charge is 0.305 e. The van der Waals surface area contributed by atoms with Gasteiger partial charge in [-0.15, -0.1) is 0 Å². The summed E-state index contributed by atoms with van der Waals surface area (Å²) in [5.41, 5.74) is 0. The molecule has 0 N–H and O–H groups in total. The Morgan fingerprint density at radius 1 is 0.667 bits per heavy atom. The maximum Gasteiger partial charge on any atom is 0.305 e. The topological polar surface area (TPSA) is 26.3 Å². The molecule has 1 heterocycles. The van der Waals surface area contributed by atoms with Gasteiger partial charge >= 0.3 is 5.97 Å². The molecule has 0 radical (unpaired) electrons. The van der Waals surface area contributed by atoms with Gasteiger partial charge in [-0.05, 0) is 19.3 Å². The number of esters is 1. The zero-order valence-corrected chi connectivity index (χ0v) is 19.1. The average Bonchev–Trinajstić information content (AvgIpc) is 3.43. The molecule has 0 amide bonds. The van der Waals surface area contributed by atoms with Crippen LogP contribution in [0.15, 0.2) is 0 Å². The predicted molar refractivity (Wildman–Crippen MR) is 121 cm³/mol. The van der Waals surface area contributed by atoms with E-state index in [1.54, 1.807) is 0 Å². The van der Waals surface area contributed by atoms with Crippen molar-refractivity contribution >= 4 is 17.7 Å². The average molecular weight is 399 g/mol. The van der Waals surface area contributed by atoms with Gasteiger partial charge in [-0.25, -0.2) is 0 Å². The summed E-state index contributed by atoms with van der Waals surface area (Å²) >= 11 is 2.26. The van der Waals surface area contributed by atoms with E-state index in [0.717, 1.165) is 16.9 Å². The summed E-state index contributed by atoms with van der Waals surface area (Å²) in [5.74, 6) is -0.0614. The van der Waals surface area contributed by atoms with E-state index in [2.05, 4.69) is 23.4 Å². The summed E-state index contributed by atoms with van der Waals surface area (Å²) in [6.07, 6.45) is 25.5. The molecule has 0 aliphatic carbocycles. The highest BCUT2D eigenvalue weighted by molar-refractivity contribution is 8.07. The Balaban J connectivity index is 1.73. The van der Waals surface area contributed by atoms with E-state index in [1.165, 1.54) is 116 Å². The van der Waals surface area contributed by atoms with Gasteiger partial charge in [0, 0.05) is 16.9 Å². The first-order valence-corrected chi connectivity index (χ1v) is 12.9.